The van der Waals surface area contributed by atoms with Crippen LogP contribution >= 0.6 is 0 Å². The van der Waals surface area contributed by atoms with Crippen LogP contribution in [0.15, 0.2) is 0 Å². The minimum atomic E-state index is 0. The van der Waals surface area contributed by atoms with Crippen LogP contribution < -0.4 is 0 Å². The normalized spacial score (nSPS) is 0. The van der Waals surface area contributed by atoms with Crippen LogP contribution in [0.2, 0.25) is 0 Å². The third kappa shape index (κ3) is 36.0. The van der Waals surface area contributed by atoms with Gasteiger partial charge in [-0.15, -0.1) is 0 Å². The van der Waals surface area contributed by atoms with Crippen LogP contribution in [-0.4, -0.2) is 48.9 Å². The summed E-state index contributed by atoms with van der Waals surface area (Å²) in [5.74, 6) is 0. The summed E-state index contributed by atoms with van der Waals surface area (Å²) in [7, 11) is 0. The van der Waals surface area contributed by atoms with Crippen LogP contribution in [-0.2, 0) is 43.0 Å². The number of hydrogen-bond donors (Lipinski definition) is 0. The van der Waals surface area contributed by atoms with Gasteiger partial charge in [-0.25, -0.2) is 0 Å². The van der Waals surface area contributed by atoms with E-state index in [1.54, 1.807) is 0 Å². The third-order valence-corrected chi connectivity index (χ3v) is 0. The standard InChI is InChI=1S/Ba.4O.W/q+2;4*-2;. The zero-order valence-corrected chi connectivity index (χ0v) is 10.1. The molecule has 0 spiro atoms. The molecule has 6 heavy (non-hydrogen) atoms. The second kappa shape index (κ2) is 59.9. The minimum Gasteiger partial charge on any atom is -2.00 e. The second-order valence-corrected chi connectivity index (χ2v) is 0. The molecule has 0 heterocycles. The zero-order chi connectivity index (χ0) is 0. The first-order valence-electron chi connectivity index (χ1n) is 0. The first kappa shape index (κ1) is 92.6. The molecule has 0 rings (SSSR count). The molecule has 0 atom stereocenters. The molecule has 0 aliphatic carbocycles. The first-order chi connectivity index (χ1) is 0. The van der Waals surface area contributed by atoms with Crippen molar-refractivity contribution in [2.45, 2.75) is 0 Å². The van der Waals surface area contributed by atoms with E-state index in [0.29, 0.717) is 0 Å². The van der Waals surface area contributed by atoms with Crippen LogP contribution in [0.3, 0.4) is 0 Å². The maximum absolute atomic E-state index is 0. The fourth-order valence-corrected chi connectivity index (χ4v) is 0. The summed E-state index contributed by atoms with van der Waals surface area (Å²) < 4.78 is 0. The van der Waals surface area contributed by atoms with Crippen molar-refractivity contribution in [1.82, 2.24) is 0 Å². The Hall–Kier alpha value is 2.10. The van der Waals surface area contributed by atoms with Gasteiger partial charge in [0.15, 0.2) is 0 Å². The van der Waals surface area contributed by atoms with Crippen LogP contribution in [0, 0.1) is 0 Å². The van der Waals surface area contributed by atoms with E-state index < -0.39 is 0 Å². The van der Waals surface area contributed by atoms with Crippen molar-refractivity contribution in [2.75, 3.05) is 0 Å². The van der Waals surface area contributed by atoms with E-state index in [0.717, 1.165) is 0 Å². The van der Waals surface area contributed by atoms with Gasteiger partial charge in [-0.1, -0.05) is 0 Å². The fraction of sp³-hybridized carbons (Fsp3) is 0. The maximum Gasteiger partial charge on any atom is 2.00 e. The number of hydrogen-bond acceptors (Lipinski definition) is 0. The molecule has 0 aromatic heterocycles. The smallest absolute Gasteiger partial charge is 2.00 e. The van der Waals surface area contributed by atoms with Gasteiger partial charge in [0.1, 0.15) is 0 Å². The molecule has 0 saturated heterocycles. The summed E-state index contributed by atoms with van der Waals surface area (Å²) in [6, 6.07) is 0. The van der Waals surface area contributed by atoms with Crippen LogP contribution in [0.4, 0.5) is 0 Å². The first-order valence-corrected chi connectivity index (χ1v) is 0. The van der Waals surface area contributed by atoms with Crippen molar-refractivity contribution in [1.29, 1.82) is 0 Å². The van der Waals surface area contributed by atoms with Gasteiger partial charge in [0.05, 0.1) is 0 Å². The van der Waals surface area contributed by atoms with Gasteiger partial charge >= 0.3 is 48.9 Å². The Morgan fingerprint density at radius 3 is 0.500 bits per heavy atom. The van der Waals surface area contributed by atoms with Crippen molar-refractivity contribution >= 4 is 48.9 Å². The predicted octanol–water partition coefficient (Wildman–Crippen LogP) is -0.859. The van der Waals surface area contributed by atoms with E-state index in [2.05, 4.69) is 0 Å². The molecule has 0 fully saturated rings. The van der Waals surface area contributed by atoms with E-state index in [1.165, 1.54) is 0 Å². The van der Waals surface area contributed by atoms with Crippen molar-refractivity contribution in [3.05, 3.63) is 0 Å². The average Bonchev–Trinajstić information content (AvgIpc) is 0. The Balaban J connectivity index is 0. The molecule has 0 bridgehead atoms. The van der Waals surface area contributed by atoms with Gasteiger partial charge in [0.25, 0.3) is 0 Å². The van der Waals surface area contributed by atoms with Gasteiger partial charge in [-0.05, 0) is 0 Å². The Morgan fingerprint density at radius 1 is 0.500 bits per heavy atom. The van der Waals surface area contributed by atoms with E-state index in [9.17, 15) is 0 Å². The molecule has 0 amide bonds. The van der Waals surface area contributed by atoms with E-state index in [1.807, 2.05) is 0 Å². The largest absolute Gasteiger partial charge is 2.00 e. The summed E-state index contributed by atoms with van der Waals surface area (Å²) in [5, 5.41) is 0. The van der Waals surface area contributed by atoms with Gasteiger partial charge in [-0.2, -0.15) is 0 Å². The monoisotopic (exact) mass is 386 g/mol. The van der Waals surface area contributed by atoms with Crippen molar-refractivity contribution < 1.29 is 43.0 Å². The van der Waals surface area contributed by atoms with Gasteiger partial charge < -0.3 is 21.9 Å². The minimum absolute atomic E-state index is 0. The SMILES string of the molecule is [Ba+2].[O-2].[O-2].[O-2].[O-2].[W]. The van der Waals surface area contributed by atoms with Gasteiger partial charge in [-0.3, -0.25) is 0 Å². The van der Waals surface area contributed by atoms with Crippen LogP contribution in [0.5, 0.6) is 0 Å². The zero-order valence-electron chi connectivity index (χ0n) is 2.75. The molecule has 38 valence electrons. The molecule has 0 saturated carbocycles. The van der Waals surface area contributed by atoms with Crippen LogP contribution in [0.25, 0.3) is 0 Å². The third-order valence-electron chi connectivity index (χ3n) is 0. The summed E-state index contributed by atoms with van der Waals surface area (Å²) in [5.41, 5.74) is 0. The molecule has 0 radical (unpaired) electrons. The van der Waals surface area contributed by atoms with Crippen molar-refractivity contribution in [3.63, 3.8) is 0 Å². The van der Waals surface area contributed by atoms with Crippen LogP contribution in [0.1, 0.15) is 0 Å². The van der Waals surface area contributed by atoms with E-state index >= 15 is 0 Å². The van der Waals surface area contributed by atoms with E-state index in [4.69, 9.17) is 0 Å². The topological polar surface area (TPSA) is 114 Å². The Kier molecular flexibility index (Phi) is 925. The molecule has 0 aliphatic rings. The Bertz CT molecular complexity index is 7.51. The molecule has 4 nitrogen and oxygen atoms in total. The Morgan fingerprint density at radius 2 is 0.500 bits per heavy atom. The second-order valence-electron chi connectivity index (χ2n) is 0. The predicted molar refractivity (Wildman–Crippen MR) is 8.50 cm³/mol. The van der Waals surface area contributed by atoms with Gasteiger partial charge in [0, 0.05) is 21.1 Å². The molecule has 0 aliphatic heterocycles. The molecule has 0 N–H and O–H groups in total. The Labute approximate surface area is 90.3 Å². The van der Waals surface area contributed by atoms with Gasteiger partial charge in [0.2, 0.25) is 0 Å². The maximum atomic E-state index is 0. The summed E-state index contributed by atoms with van der Waals surface area (Å²) in [6.07, 6.45) is 0. The quantitative estimate of drug-likeness (QED) is 0.483. The summed E-state index contributed by atoms with van der Waals surface area (Å²) in [6.45, 7) is 0. The molecule has 0 unspecified atom stereocenters. The van der Waals surface area contributed by atoms with E-state index in [-0.39, 0.29) is 91.9 Å². The summed E-state index contributed by atoms with van der Waals surface area (Å²) >= 11 is 0. The molecule has 0 aromatic carbocycles. The molecule has 0 aromatic rings. The van der Waals surface area contributed by atoms with Crippen molar-refractivity contribution in [3.8, 4) is 0 Å². The average molecular weight is 385 g/mol. The summed E-state index contributed by atoms with van der Waals surface area (Å²) in [4.78, 5) is 0. The van der Waals surface area contributed by atoms with Crippen molar-refractivity contribution in [2.24, 2.45) is 0 Å². The number of rotatable bonds is 0. The fourth-order valence-electron chi connectivity index (χ4n) is 0. The molecular weight excluding hydrogens is 385 g/mol. The molecular formula is BaO4W-6. The molecule has 6 heteroatoms.